The molecule has 0 heterocycles. The van der Waals surface area contributed by atoms with Gasteiger partial charge < -0.3 is 30.7 Å². The van der Waals surface area contributed by atoms with Crippen LogP contribution in [0.15, 0.2) is 48.5 Å². The first-order chi connectivity index (χ1) is 25.0. The lowest BCUT2D eigenvalue weighted by Gasteiger charge is -2.23. The number of nitro groups is 2. The average molecular weight is 758 g/mol. The van der Waals surface area contributed by atoms with Gasteiger partial charge >= 0.3 is 18.1 Å². The number of non-ortho nitro benzene ring substituents is 2. The normalized spacial score (nSPS) is 12.2. The number of nitrogens with one attached hydrogen (secondary N) is 5. The molecular formula is C34H45N8O12+. The minimum absolute atomic E-state index is 0.0976. The molecule has 2 atom stereocenters. The molecule has 0 saturated heterocycles. The van der Waals surface area contributed by atoms with Crippen LogP contribution >= 0.6 is 0 Å². The molecule has 0 aromatic heterocycles. The number of ether oxygens (including phenoxy) is 2. The van der Waals surface area contributed by atoms with Crippen molar-refractivity contribution in [1.82, 2.24) is 26.6 Å². The SMILES string of the molecule is C=[N+](CNC(=O)CNC(=O)[C@H](Cc1ccc([N+](=O)[O-])cc1)NC(=O)OC(C)(C)C)C(=O)CNC(=O)[C@H](Cc1ccc([N+](=O)[O-])cc1)NC(=O)OC(C)(C)C. The Bertz CT molecular complexity index is 1730. The molecule has 2 rings (SSSR count). The van der Waals surface area contributed by atoms with E-state index in [1.54, 1.807) is 41.5 Å². The van der Waals surface area contributed by atoms with E-state index in [-0.39, 0.29) is 24.2 Å². The highest BCUT2D eigenvalue weighted by molar-refractivity contribution is 5.90. The van der Waals surface area contributed by atoms with Gasteiger partial charge in [-0.2, -0.15) is 4.58 Å². The molecule has 20 nitrogen and oxygen atoms in total. The van der Waals surface area contributed by atoms with Crippen LogP contribution < -0.4 is 26.6 Å². The van der Waals surface area contributed by atoms with E-state index in [0.717, 1.165) is 4.58 Å². The molecule has 0 spiro atoms. The van der Waals surface area contributed by atoms with Gasteiger partial charge in [-0.25, -0.2) is 14.4 Å². The third-order valence-electron chi connectivity index (χ3n) is 6.85. The van der Waals surface area contributed by atoms with E-state index in [1.165, 1.54) is 48.5 Å². The zero-order chi connectivity index (χ0) is 40.8. The third-order valence-corrected chi connectivity index (χ3v) is 6.85. The number of amides is 6. The average Bonchev–Trinajstić information content (AvgIpc) is 3.06. The molecule has 54 heavy (non-hydrogen) atoms. The number of nitro benzene ring substituents is 2. The van der Waals surface area contributed by atoms with E-state index in [4.69, 9.17) is 9.47 Å². The molecule has 0 bridgehead atoms. The first-order valence-electron chi connectivity index (χ1n) is 16.4. The summed E-state index contributed by atoms with van der Waals surface area (Å²) in [4.78, 5) is 97.0. The van der Waals surface area contributed by atoms with Crippen LogP contribution in [0.2, 0.25) is 0 Å². The van der Waals surface area contributed by atoms with E-state index >= 15 is 0 Å². The Balaban J connectivity index is 1.96. The molecular weight excluding hydrogens is 712 g/mol. The number of hydrogen-bond acceptors (Lipinski definition) is 12. The van der Waals surface area contributed by atoms with E-state index < -0.39 is 88.7 Å². The summed E-state index contributed by atoms with van der Waals surface area (Å²) in [5.74, 6) is -3.05. The van der Waals surface area contributed by atoms with Crippen molar-refractivity contribution in [3.8, 4) is 0 Å². The zero-order valence-corrected chi connectivity index (χ0v) is 30.8. The standard InChI is InChI=1S/C34H44N8O12/c1-33(2,3)53-31(47)38-25(16-21-8-12-23(13-9-21)41(49)50)29(45)35-18-27(43)37-20-40(7)28(44)19-36-30(46)26(39-32(48)54-34(4,5)6)17-22-10-14-24(15-11-22)42(51)52/h8-15,25-26H,7,16-20H2,1-6H3,(H4-,35,36,37,38,39,43,45,46,47,48)/p+1/t25-,26-/m0/s1. The fourth-order valence-corrected chi connectivity index (χ4v) is 4.32. The van der Waals surface area contributed by atoms with Crippen molar-refractivity contribution >= 4 is 53.9 Å². The first-order valence-corrected chi connectivity index (χ1v) is 16.4. The summed E-state index contributed by atoms with van der Waals surface area (Å²) in [5.41, 5.74) is -1.17. The third kappa shape index (κ3) is 16.3. The Kier molecular flexibility index (Phi) is 15.7. The van der Waals surface area contributed by atoms with Crippen LogP contribution in [0.3, 0.4) is 0 Å². The summed E-state index contributed by atoms with van der Waals surface area (Å²) in [6.45, 7) is 11.7. The largest absolute Gasteiger partial charge is 0.444 e. The summed E-state index contributed by atoms with van der Waals surface area (Å²) in [6, 6.07) is 8.14. The molecule has 2 aromatic rings. The summed E-state index contributed by atoms with van der Waals surface area (Å²) in [6.07, 6.45) is -2.03. The van der Waals surface area contributed by atoms with Crippen molar-refractivity contribution in [2.45, 2.75) is 77.7 Å². The number of hydrogen-bond donors (Lipinski definition) is 5. The van der Waals surface area contributed by atoms with E-state index in [2.05, 4.69) is 33.3 Å². The predicted octanol–water partition coefficient (Wildman–Crippen LogP) is 1.62. The Morgan fingerprint density at radius 2 is 1.02 bits per heavy atom. The monoisotopic (exact) mass is 757 g/mol. The highest BCUT2D eigenvalue weighted by atomic mass is 16.6. The number of rotatable bonds is 16. The number of nitrogens with zero attached hydrogens (tertiary/aromatic N) is 3. The lowest BCUT2D eigenvalue weighted by Crippen LogP contribution is -2.52. The second kappa shape index (κ2) is 19.4. The zero-order valence-electron chi connectivity index (χ0n) is 30.8. The maximum atomic E-state index is 13.1. The van der Waals surface area contributed by atoms with Gasteiger partial charge in [-0.3, -0.25) is 39.9 Å². The Morgan fingerprint density at radius 1 is 0.648 bits per heavy atom. The lowest BCUT2D eigenvalue weighted by atomic mass is 10.0. The van der Waals surface area contributed by atoms with E-state index in [0.29, 0.717) is 11.1 Å². The van der Waals surface area contributed by atoms with Crippen molar-refractivity contribution < 1.29 is 52.7 Å². The number of alkyl carbamates (subject to hydrolysis) is 2. The summed E-state index contributed by atoms with van der Waals surface area (Å²) in [5, 5.41) is 34.0. The topological polar surface area (TPSA) is 270 Å². The summed E-state index contributed by atoms with van der Waals surface area (Å²) >= 11 is 0. The minimum Gasteiger partial charge on any atom is -0.444 e. The lowest BCUT2D eigenvalue weighted by molar-refractivity contribution is -0.443. The van der Waals surface area contributed by atoms with Gasteiger partial charge in [-0.15, -0.1) is 0 Å². The predicted molar refractivity (Wildman–Crippen MR) is 191 cm³/mol. The van der Waals surface area contributed by atoms with Crippen molar-refractivity contribution in [1.29, 1.82) is 0 Å². The molecule has 6 amide bonds. The van der Waals surface area contributed by atoms with Crippen LogP contribution in [0.5, 0.6) is 0 Å². The molecule has 0 radical (unpaired) electrons. The summed E-state index contributed by atoms with van der Waals surface area (Å²) in [7, 11) is 0. The number of carbonyl (C=O) groups is 6. The maximum Gasteiger partial charge on any atom is 0.408 e. The van der Waals surface area contributed by atoms with Crippen LogP contribution in [0.25, 0.3) is 0 Å². The molecule has 0 unspecified atom stereocenters. The van der Waals surface area contributed by atoms with Crippen molar-refractivity contribution in [2.24, 2.45) is 0 Å². The molecule has 0 saturated carbocycles. The second-order valence-electron chi connectivity index (χ2n) is 13.8. The Labute approximate surface area is 310 Å². The van der Waals surface area contributed by atoms with Gasteiger partial charge in [0, 0.05) is 37.1 Å². The van der Waals surface area contributed by atoms with Gasteiger partial charge in [-0.05, 0) is 52.7 Å². The minimum atomic E-state index is -1.25. The van der Waals surface area contributed by atoms with Gasteiger partial charge in [0.2, 0.25) is 24.4 Å². The van der Waals surface area contributed by atoms with E-state index in [9.17, 15) is 49.0 Å². The molecule has 0 aliphatic rings. The Hall–Kier alpha value is -6.47. The van der Waals surface area contributed by atoms with Crippen LogP contribution in [0.4, 0.5) is 21.0 Å². The number of benzene rings is 2. The maximum absolute atomic E-state index is 13.1. The van der Waals surface area contributed by atoms with Crippen molar-refractivity contribution in [2.75, 3.05) is 19.8 Å². The molecule has 0 aliphatic carbocycles. The second-order valence-corrected chi connectivity index (χ2v) is 13.8. The van der Waals surface area contributed by atoms with Gasteiger partial charge in [-0.1, -0.05) is 24.3 Å². The molecule has 292 valence electrons. The summed E-state index contributed by atoms with van der Waals surface area (Å²) < 4.78 is 11.3. The van der Waals surface area contributed by atoms with Crippen molar-refractivity contribution in [3.05, 3.63) is 79.9 Å². The molecule has 0 fully saturated rings. The van der Waals surface area contributed by atoms with Gasteiger partial charge in [0.1, 0.15) is 36.5 Å². The smallest absolute Gasteiger partial charge is 0.408 e. The van der Waals surface area contributed by atoms with E-state index in [1.807, 2.05) is 0 Å². The fraction of sp³-hybridized carbons (Fsp3) is 0.441. The highest BCUT2D eigenvalue weighted by Gasteiger charge is 2.28. The molecule has 2 aromatic carbocycles. The van der Waals surface area contributed by atoms with Crippen molar-refractivity contribution in [3.63, 3.8) is 0 Å². The molecule has 0 aliphatic heterocycles. The van der Waals surface area contributed by atoms with Crippen LogP contribution in [-0.4, -0.2) is 100.0 Å². The van der Waals surface area contributed by atoms with Crippen LogP contribution in [0, 0.1) is 20.2 Å². The molecule has 5 N–H and O–H groups in total. The van der Waals surface area contributed by atoms with Crippen LogP contribution in [-0.2, 0) is 41.5 Å². The van der Waals surface area contributed by atoms with Gasteiger partial charge in [0.15, 0.2) is 0 Å². The molecule has 20 heteroatoms. The number of carbonyl (C=O) groups excluding carboxylic acids is 6. The van der Waals surface area contributed by atoms with Gasteiger partial charge in [0.25, 0.3) is 11.4 Å². The highest BCUT2D eigenvalue weighted by Crippen LogP contribution is 2.16. The Morgan fingerprint density at radius 3 is 1.37 bits per heavy atom. The first kappa shape index (κ1) is 43.7. The quantitative estimate of drug-likeness (QED) is 0.0538. The van der Waals surface area contributed by atoms with Gasteiger partial charge in [0.05, 0.1) is 16.4 Å². The van der Waals surface area contributed by atoms with Crippen LogP contribution in [0.1, 0.15) is 52.7 Å². The fourth-order valence-electron chi connectivity index (χ4n) is 4.32.